The van der Waals surface area contributed by atoms with Crippen LogP contribution in [0.15, 0.2) is 34.1 Å². The lowest BCUT2D eigenvalue weighted by molar-refractivity contribution is 0.0937. The third-order valence-electron chi connectivity index (χ3n) is 4.72. The number of carbonyl (C=O) groups is 1. The molecule has 0 aromatic carbocycles. The summed E-state index contributed by atoms with van der Waals surface area (Å²) in [6.45, 7) is 2.54. The highest BCUT2D eigenvalue weighted by molar-refractivity contribution is 7.13. The molecule has 1 aliphatic heterocycles. The summed E-state index contributed by atoms with van der Waals surface area (Å²) < 4.78 is 11.2. The number of aromatic nitrogens is 4. The number of aromatic amines is 1. The van der Waals surface area contributed by atoms with E-state index in [2.05, 4.69) is 35.7 Å². The third kappa shape index (κ3) is 3.48. The van der Waals surface area contributed by atoms with Gasteiger partial charge >= 0.3 is 0 Å². The van der Waals surface area contributed by atoms with Gasteiger partial charge in [-0.05, 0) is 11.4 Å². The van der Waals surface area contributed by atoms with E-state index in [1.807, 2.05) is 23.6 Å². The van der Waals surface area contributed by atoms with Gasteiger partial charge in [0.1, 0.15) is 5.52 Å². The van der Waals surface area contributed by atoms with Gasteiger partial charge in [-0.2, -0.15) is 10.1 Å². The lowest BCUT2D eigenvalue weighted by atomic mass is 10.3. The SMILES string of the molecule is CNC(=O)c1cc2nc(Nc3cc(-c4cccs4)[nH]n3)nc(N3CCOCC3)c2o1. The molecule has 0 bridgehead atoms. The van der Waals surface area contributed by atoms with Crippen LogP contribution in [0.2, 0.25) is 0 Å². The van der Waals surface area contributed by atoms with Crippen molar-refractivity contribution in [2.75, 3.05) is 43.6 Å². The maximum absolute atomic E-state index is 12.0. The van der Waals surface area contributed by atoms with E-state index in [-0.39, 0.29) is 11.7 Å². The first kappa shape index (κ1) is 18.6. The summed E-state index contributed by atoms with van der Waals surface area (Å²) in [4.78, 5) is 24.4. The summed E-state index contributed by atoms with van der Waals surface area (Å²) in [5.74, 6) is 1.46. The topological polar surface area (TPSA) is 121 Å². The highest BCUT2D eigenvalue weighted by Gasteiger charge is 2.22. The number of fused-ring (bicyclic) bond motifs is 1. The Labute approximate surface area is 175 Å². The maximum Gasteiger partial charge on any atom is 0.286 e. The van der Waals surface area contributed by atoms with E-state index in [1.165, 1.54) is 0 Å². The van der Waals surface area contributed by atoms with Gasteiger partial charge < -0.3 is 24.7 Å². The van der Waals surface area contributed by atoms with Gasteiger partial charge in [0.2, 0.25) is 5.95 Å². The number of nitrogens with one attached hydrogen (secondary N) is 3. The van der Waals surface area contributed by atoms with Crippen molar-refractivity contribution in [2.45, 2.75) is 0 Å². The molecule has 1 saturated heterocycles. The number of hydrogen-bond acceptors (Lipinski definition) is 9. The van der Waals surface area contributed by atoms with Gasteiger partial charge in [0.25, 0.3) is 5.91 Å². The zero-order valence-corrected chi connectivity index (χ0v) is 17.0. The van der Waals surface area contributed by atoms with Crippen LogP contribution in [0.25, 0.3) is 21.7 Å². The zero-order chi connectivity index (χ0) is 20.5. The number of amides is 1. The normalized spacial score (nSPS) is 14.2. The minimum Gasteiger partial charge on any atom is -0.445 e. The number of hydrogen-bond donors (Lipinski definition) is 3. The maximum atomic E-state index is 12.0. The Morgan fingerprint density at radius 3 is 2.90 bits per heavy atom. The molecule has 4 aromatic heterocycles. The van der Waals surface area contributed by atoms with E-state index in [0.29, 0.717) is 55.0 Å². The van der Waals surface area contributed by atoms with Gasteiger partial charge in [-0.25, -0.2) is 4.98 Å². The van der Waals surface area contributed by atoms with Gasteiger partial charge in [-0.15, -0.1) is 11.3 Å². The summed E-state index contributed by atoms with van der Waals surface area (Å²) in [6.07, 6.45) is 0. The van der Waals surface area contributed by atoms with Gasteiger partial charge in [-0.1, -0.05) is 6.07 Å². The number of H-pyrrole nitrogens is 1. The molecule has 3 N–H and O–H groups in total. The van der Waals surface area contributed by atoms with Crippen LogP contribution in [-0.4, -0.2) is 59.4 Å². The van der Waals surface area contributed by atoms with E-state index >= 15 is 0 Å². The fraction of sp³-hybridized carbons (Fsp3) is 0.263. The standard InChI is InChI=1S/C19H19N7O3S/c1-20-18(27)13-9-12-16(29-13)17(26-4-6-28-7-5-26)23-19(21-12)22-15-10-11(24-25-15)14-3-2-8-30-14/h2-3,8-10H,4-7H2,1H3,(H,20,27)(H2,21,22,23,24,25). The highest BCUT2D eigenvalue weighted by Crippen LogP contribution is 2.30. The van der Waals surface area contributed by atoms with Crippen LogP contribution in [0.3, 0.4) is 0 Å². The molecule has 1 amide bonds. The highest BCUT2D eigenvalue weighted by atomic mass is 32.1. The van der Waals surface area contributed by atoms with Crippen molar-refractivity contribution in [3.63, 3.8) is 0 Å². The molecule has 0 atom stereocenters. The van der Waals surface area contributed by atoms with Gasteiger partial charge in [0.15, 0.2) is 23.0 Å². The molecule has 154 valence electrons. The molecule has 5 rings (SSSR count). The molecule has 5 heterocycles. The van der Waals surface area contributed by atoms with Crippen LogP contribution in [0.1, 0.15) is 10.6 Å². The second-order valence-electron chi connectivity index (χ2n) is 6.64. The second-order valence-corrected chi connectivity index (χ2v) is 7.59. The van der Waals surface area contributed by atoms with Crippen LogP contribution < -0.4 is 15.5 Å². The second kappa shape index (κ2) is 7.76. The summed E-state index contributed by atoms with van der Waals surface area (Å²) >= 11 is 1.63. The van der Waals surface area contributed by atoms with Crippen LogP contribution in [0.5, 0.6) is 0 Å². The first-order valence-electron chi connectivity index (χ1n) is 9.44. The number of furan rings is 1. The van der Waals surface area contributed by atoms with Crippen molar-refractivity contribution in [2.24, 2.45) is 0 Å². The molecule has 4 aromatic rings. The van der Waals surface area contributed by atoms with Crippen molar-refractivity contribution in [1.82, 2.24) is 25.5 Å². The van der Waals surface area contributed by atoms with Gasteiger partial charge in [-0.3, -0.25) is 9.89 Å². The number of rotatable bonds is 5. The van der Waals surface area contributed by atoms with E-state index < -0.39 is 0 Å². The third-order valence-corrected chi connectivity index (χ3v) is 5.62. The van der Waals surface area contributed by atoms with Crippen molar-refractivity contribution in [1.29, 1.82) is 0 Å². The van der Waals surface area contributed by atoms with Crippen molar-refractivity contribution in [3.05, 3.63) is 35.4 Å². The fourth-order valence-electron chi connectivity index (χ4n) is 3.25. The van der Waals surface area contributed by atoms with Crippen molar-refractivity contribution < 1.29 is 13.9 Å². The lowest BCUT2D eigenvalue weighted by Gasteiger charge is -2.27. The average molecular weight is 425 g/mol. The summed E-state index contributed by atoms with van der Waals surface area (Å²) in [5.41, 5.74) is 1.93. The van der Waals surface area contributed by atoms with Gasteiger partial charge in [0, 0.05) is 32.3 Å². The Kier molecular flexibility index (Phi) is 4.81. The van der Waals surface area contributed by atoms with E-state index in [1.54, 1.807) is 24.5 Å². The quantitative estimate of drug-likeness (QED) is 0.446. The van der Waals surface area contributed by atoms with Crippen LogP contribution in [0.4, 0.5) is 17.6 Å². The number of thiophene rings is 1. The molecule has 1 fully saturated rings. The summed E-state index contributed by atoms with van der Waals surface area (Å²) in [5, 5.41) is 15.1. The van der Waals surface area contributed by atoms with Gasteiger partial charge in [0.05, 0.1) is 23.8 Å². The molecule has 11 heteroatoms. The summed E-state index contributed by atoms with van der Waals surface area (Å²) in [7, 11) is 1.56. The Bertz CT molecular complexity index is 1180. The lowest BCUT2D eigenvalue weighted by Crippen LogP contribution is -2.37. The molecular formula is C19H19N7O3S. The number of morpholine rings is 1. The Morgan fingerprint density at radius 1 is 1.27 bits per heavy atom. The molecule has 30 heavy (non-hydrogen) atoms. The van der Waals surface area contributed by atoms with E-state index in [9.17, 15) is 4.79 Å². The fourth-order valence-corrected chi connectivity index (χ4v) is 3.95. The average Bonchev–Trinajstić information content (AvgIpc) is 3.53. The predicted molar refractivity (Wildman–Crippen MR) is 113 cm³/mol. The van der Waals surface area contributed by atoms with Crippen LogP contribution in [-0.2, 0) is 4.74 Å². The molecule has 0 aliphatic carbocycles. The van der Waals surface area contributed by atoms with E-state index in [4.69, 9.17) is 9.15 Å². The minimum absolute atomic E-state index is 0.188. The van der Waals surface area contributed by atoms with E-state index in [0.717, 1.165) is 10.6 Å². The Balaban J connectivity index is 1.52. The zero-order valence-electron chi connectivity index (χ0n) is 16.1. The monoisotopic (exact) mass is 425 g/mol. The van der Waals surface area contributed by atoms with Crippen LogP contribution in [0, 0.1) is 0 Å². The molecular weight excluding hydrogens is 406 g/mol. The predicted octanol–water partition coefficient (Wildman–Crippen LogP) is 2.61. The number of carbonyl (C=O) groups excluding carboxylic acids is 1. The molecule has 10 nitrogen and oxygen atoms in total. The number of nitrogens with zero attached hydrogens (tertiary/aromatic N) is 4. The smallest absolute Gasteiger partial charge is 0.286 e. The minimum atomic E-state index is -0.316. The molecule has 0 radical (unpaired) electrons. The first-order chi connectivity index (χ1) is 14.7. The Hall–Kier alpha value is -3.44. The van der Waals surface area contributed by atoms with Crippen molar-refractivity contribution in [3.8, 4) is 10.6 Å². The van der Waals surface area contributed by atoms with Crippen molar-refractivity contribution >= 4 is 45.9 Å². The largest absolute Gasteiger partial charge is 0.445 e. The Morgan fingerprint density at radius 2 is 2.13 bits per heavy atom. The molecule has 0 saturated carbocycles. The van der Waals surface area contributed by atoms with Crippen LogP contribution >= 0.6 is 11.3 Å². The number of ether oxygens (including phenoxy) is 1. The molecule has 1 aliphatic rings. The first-order valence-corrected chi connectivity index (χ1v) is 10.3. The molecule has 0 unspecified atom stereocenters. The summed E-state index contributed by atoms with van der Waals surface area (Å²) in [6, 6.07) is 7.53. The molecule has 0 spiro atoms. The number of anilines is 3.